The fourth-order valence-corrected chi connectivity index (χ4v) is 6.31. The molecule has 0 bridgehead atoms. The van der Waals surface area contributed by atoms with Gasteiger partial charge in [-0.1, -0.05) is 48.0 Å². The first-order valence-corrected chi connectivity index (χ1v) is 12.7. The molecule has 0 fully saturated rings. The Hall–Kier alpha value is -0.500. The molecule has 0 aromatic heterocycles. The van der Waals surface area contributed by atoms with Crippen molar-refractivity contribution in [2.45, 2.75) is 60.0 Å². The number of benzene rings is 1. The minimum atomic E-state index is 0.402. The predicted octanol–water partition coefficient (Wildman–Crippen LogP) is 6.04. The Morgan fingerprint density at radius 2 is 1.04 bits per heavy atom. The van der Waals surface area contributed by atoms with E-state index in [1.54, 1.807) is 23.5 Å². The lowest BCUT2D eigenvalue weighted by atomic mass is 9.94. The van der Waals surface area contributed by atoms with Crippen molar-refractivity contribution in [1.82, 2.24) is 9.80 Å². The highest BCUT2D eigenvalue weighted by molar-refractivity contribution is 8.22. The molecule has 0 saturated heterocycles. The van der Waals surface area contributed by atoms with Gasteiger partial charge in [0, 0.05) is 37.7 Å². The summed E-state index contributed by atoms with van der Waals surface area (Å²) in [5.74, 6) is 1.96. The molecule has 1 aromatic rings. The molecular weight excluding hydrogens is 425 g/mol. The molecule has 158 valence electrons. The molecule has 0 amide bonds. The molecule has 1 N–H and O–H groups in total. The van der Waals surface area contributed by atoms with Crippen LogP contribution in [0.3, 0.4) is 0 Å². The number of hydrogen-bond acceptors (Lipinski definition) is 5. The summed E-state index contributed by atoms with van der Waals surface area (Å²) in [7, 11) is 0. The van der Waals surface area contributed by atoms with Crippen LogP contribution in [0.15, 0.2) is 0 Å². The second-order valence-electron chi connectivity index (χ2n) is 6.63. The van der Waals surface area contributed by atoms with Gasteiger partial charge in [0.15, 0.2) is 0 Å². The maximum atomic E-state index is 10.7. The molecule has 0 aliphatic carbocycles. The Morgan fingerprint density at radius 1 is 0.714 bits per heavy atom. The van der Waals surface area contributed by atoms with E-state index < -0.39 is 0 Å². The monoisotopic (exact) mass is 458 g/mol. The van der Waals surface area contributed by atoms with Crippen molar-refractivity contribution in [3.8, 4) is 5.75 Å². The summed E-state index contributed by atoms with van der Waals surface area (Å²) in [6, 6.07) is 0. The summed E-state index contributed by atoms with van der Waals surface area (Å²) in [5.41, 5.74) is 5.55. The van der Waals surface area contributed by atoms with Crippen molar-refractivity contribution < 1.29 is 5.11 Å². The summed E-state index contributed by atoms with van der Waals surface area (Å²) in [5, 5.41) is 10.7. The normalized spacial score (nSPS) is 10.8. The van der Waals surface area contributed by atoms with Crippen molar-refractivity contribution in [3.05, 3.63) is 27.8 Å². The van der Waals surface area contributed by atoms with E-state index in [9.17, 15) is 5.11 Å². The van der Waals surface area contributed by atoms with Gasteiger partial charge in [-0.25, -0.2) is 0 Å². The van der Waals surface area contributed by atoms with E-state index in [2.05, 4.69) is 44.4 Å². The number of rotatable bonds is 8. The third kappa shape index (κ3) is 6.25. The summed E-state index contributed by atoms with van der Waals surface area (Å²) in [6.45, 7) is 18.3. The third-order valence-electron chi connectivity index (χ3n) is 5.24. The molecule has 0 saturated carbocycles. The first-order valence-electron chi connectivity index (χ1n) is 9.87. The summed E-state index contributed by atoms with van der Waals surface area (Å²) in [4.78, 5) is 4.38. The highest BCUT2D eigenvalue weighted by Gasteiger charge is 2.19. The zero-order valence-electron chi connectivity index (χ0n) is 18.2. The molecule has 0 aliphatic rings. The Balaban J connectivity index is 3.07. The van der Waals surface area contributed by atoms with E-state index in [4.69, 9.17) is 24.4 Å². The first kappa shape index (κ1) is 25.5. The second kappa shape index (κ2) is 12.3. The molecule has 7 heteroatoms. The van der Waals surface area contributed by atoms with Crippen molar-refractivity contribution >= 4 is 56.6 Å². The standard InChI is InChI=1S/C21H34N2OS4/c1-8-22(9-2)20(25)27-12-17-14(5)18(16(7)19(24)15(17)6)13-28-21(26)23(10-3)11-4/h24H,8-13H2,1-7H3. The SMILES string of the molecule is CCN(CC)C(=S)SCc1c(C)c(O)c(C)c(CSC(=S)N(CC)CC)c1C. The van der Waals surface area contributed by atoms with Gasteiger partial charge >= 0.3 is 0 Å². The van der Waals surface area contributed by atoms with Gasteiger partial charge in [0.05, 0.1) is 0 Å². The summed E-state index contributed by atoms with van der Waals surface area (Å²) >= 11 is 14.5. The van der Waals surface area contributed by atoms with Gasteiger partial charge in [-0.05, 0) is 76.3 Å². The quantitative estimate of drug-likeness (QED) is 0.475. The van der Waals surface area contributed by atoms with Crippen LogP contribution in [0.1, 0.15) is 55.5 Å². The lowest BCUT2D eigenvalue weighted by molar-refractivity contribution is 0.465. The number of phenolic OH excluding ortho intramolecular Hbond substituents is 1. The maximum Gasteiger partial charge on any atom is 0.136 e. The number of nitrogens with zero attached hydrogens (tertiary/aromatic N) is 2. The number of aromatic hydroxyl groups is 1. The second-order valence-corrected chi connectivity index (χ2v) is 9.85. The molecule has 0 heterocycles. The Kier molecular flexibility index (Phi) is 11.2. The Labute approximate surface area is 190 Å². The van der Waals surface area contributed by atoms with Gasteiger partial charge in [-0.15, -0.1) is 0 Å². The van der Waals surface area contributed by atoms with E-state index in [1.807, 2.05) is 13.8 Å². The minimum Gasteiger partial charge on any atom is -0.507 e. The molecular formula is C21H34N2OS4. The molecule has 0 unspecified atom stereocenters. The van der Waals surface area contributed by atoms with Gasteiger partial charge in [0.1, 0.15) is 14.4 Å². The van der Waals surface area contributed by atoms with Crippen molar-refractivity contribution in [2.75, 3.05) is 26.2 Å². The minimum absolute atomic E-state index is 0.402. The van der Waals surface area contributed by atoms with E-state index >= 15 is 0 Å². The van der Waals surface area contributed by atoms with Gasteiger partial charge in [0.25, 0.3) is 0 Å². The van der Waals surface area contributed by atoms with Gasteiger partial charge in [-0.3, -0.25) is 0 Å². The molecule has 28 heavy (non-hydrogen) atoms. The molecule has 0 atom stereocenters. The largest absolute Gasteiger partial charge is 0.507 e. The van der Waals surface area contributed by atoms with Crippen molar-refractivity contribution in [3.63, 3.8) is 0 Å². The molecule has 0 spiro atoms. The number of phenols is 1. The van der Waals surface area contributed by atoms with Crippen molar-refractivity contribution in [2.24, 2.45) is 0 Å². The molecule has 0 aliphatic heterocycles. The summed E-state index contributed by atoms with van der Waals surface area (Å²) in [6.07, 6.45) is 0. The number of thiocarbonyl (C=S) groups is 2. The van der Waals surface area contributed by atoms with Crippen LogP contribution in [-0.4, -0.2) is 49.7 Å². The Morgan fingerprint density at radius 3 is 1.32 bits per heavy atom. The van der Waals surface area contributed by atoms with Crippen LogP contribution in [-0.2, 0) is 11.5 Å². The molecule has 1 rings (SSSR count). The number of hydrogen-bond donors (Lipinski definition) is 1. The van der Waals surface area contributed by atoms with E-state index in [1.165, 1.54) is 16.7 Å². The fraction of sp³-hybridized carbons (Fsp3) is 0.619. The third-order valence-corrected chi connectivity index (χ3v) is 8.34. The van der Waals surface area contributed by atoms with Gasteiger partial charge < -0.3 is 14.9 Å². The molecule has 1 aromatic carbocycles. The highest BCUT2D eigenvalue weighted by Crippen LogP contribution is 2.36. The predicted molar refractivity (Wildman–Crippen MR) is 136 cm³/mol. The molecule has 3 nitrogen and oxygen atoms in total. The Bertz CT molecular complexity index is 643. The van der Waals surface area contributed by atoms with E-state index in [-0.39, 0.29) is 0 Å². The van der Waals surface area contributed by atoms with Crippen LogP contribution in [0.2, 0.25) is 0 Å². The van der Waals surface area contributed by atoms with Crippen LogP contribution in [0, 0.1) is 20.8 Å². The van der Waals surface area contributed by atoms with E-state index in [0.717, 1.165) is 57.5 Å². The first-order chi connectivity index (χ1) is 13.2. The van der Waals surface area contributed by atoms with Crippen LogP contribution in [0.5, 0.6) is 5.75 Å². The maximum absolute atomic E-state index is 10.7. The summed E-state index contributed by atoms with van der Waals surface area (Å²) < 4.78 is 1.84. The van der Waals surface area contributed by atoms with E-state index in [0.29, 0.717) is 5.75 Å². The lowest BCUT2D eigenvalue weighted by Gasteiger charge is -2.24. The fourth-order valence-electron chi connectivity index (χ4n) is 3.16. The van der Waals surface area contributed by atoms with Gasteiger partial charge in [0.2, 0.25) is 0 Å². The highest BCUT2D eigenvalue weighted by atomic mass is 32.2. The van der Waals surface area contributed by atoms with Crippen molar-refractivity contribution in [1.29, 1.82) is 0 Å². The number of thioether (sulfide) groups is 2. The van der Waals surface area contributed by atoms with Crippen LogP contribution in [0.4, 0.5) is 0 Å². The van der Waals surface area contributed by atoms with Crippen LogP contribution >= 0.6 is 48.0 Å². The smallest absolute Gasteiger partial charge is 0.136 e. The van der Waals surface area contributed by atoms with Crippen LogP contribution < -0.4 is 0 Å². The van der Waals surface area contributed by atoms with Crippen LogP contribution in [0.25, 0.3) is 0 Å². The average molecular weight is 459 g/mol. The zero-order valence-corrected chi connectivity index (χ0v) is 21.5. The molecule has 0 radical (unpaired) electrons. The lowest BCUT2D eigenvalue weighted by Crippen LogP contribution is -2.26. The topological polar surface area (TPSA) is 26.7 Å². The zero-order chi connectivity index (χ0) is 21.4. The van der Waals surface area contributed by atoms with Gasteiger partial charge in [-0.2, -0.15) is 0 Å². The average Bonchev–Trinajstić information content (AvgIpc) is 2.68.